The third-order valence-electron chi connectivity index (χ3n) is 2.17. The number of aryl methyl sites for hydroxylation is 1. The van der Waals surface area contributed by atoms with Crippen molar-refractivity contribution in [1.82, 2.24) is 0 Å². The summed E-state index contributed by atoms with van der Waals surface area (Å²) in [4.78, 5) is 11.5. The second-order valence-electron chi connectivity index (χ2n) is 3.20. The third-order valence-corrected chi connectivity index (χ3v) is 3.41. The molecule has 0 fully saturated rings. The Morgan fingerprint density at radius 3 is 2.88 bits per heavy atom. The fourth-order valence-electron chi connectivity index (χ4n) is 1.32. The average Bonchev–Trinajstić information content (AvgIpc) is 2.35. The molecule has 0 bridgehead atoms. The summed E-state index contributed by atoms with van der Waals surface area (Å²) in [6, 6.07) is 4.47. The first kappa shape index (κ1) is 13.6. The Labute approximate surface area is 104 Å². The van der Waals surface area contributed by atoms with Crippen molar-refractivity contribution in [2.24, 2.45) is 0 Å². The van der Waals surface area contributed by atoms with Gasteiger partial charge in [0.25, 0.3) is 0 Å². The molecule has 95 valence electrons. The van der Waals surface area contributed by atoms with Gasteiger partial charge in [0.2, 0.25) is 0 Å². The van der Waals surface area contributed by atoms with E-state index in [4.69, 9.17) is 0 Å². The van der Waals surface area contributed by atoms with Crippen molar-refractivity contribution in [2.75, 3.05) is 7.11 Å². The summed E-state index contributed by atoms with van der Waals surface area (Å²) in [5, 5.41) is 11.1. The summed E-state index contributed by atoms with van der Waals surface area (Å²) in [6.07, 6.45) is 0.477. The molecule has 0 aliphatic heterocycles. The quantitative estimate of drug-likeness (QED) is 0.841. The van der Waals surface area contributed by atoms with E-state index >= 15 is 0 Å². The van der Waals surface area contributed by atoms with E-state index in [0.29, 0.717) is 22.9 Å². The standard InChI is InChI=1S/C10H11O3.C2H3.Co.O/c1-3-7-4-5-8(11)6-9(7)10(12)13-2;1-2;;/h4-6,11H,1,3H2,2H3;1H,2H2;;. The topological polar surface area (TPSA) is 63.6 Å². The van der Waals surface area contributed by atoms with Crippen LogP contribution in [-0.2, 0) is 28.6 Å². The Balaban J connectivity index is 2.94. The molecule has 0 spiro atoms. The molecule has 4 nitrogen and oxygen atoms in total. The van der Waals surface area contributed by atoms with Gasteiger partial charge >= 0.3 is 104 Å². The van der Waals surface area contributed by atoms with Crippen LogP contribution in [0.2, 0.25) is 5.36 Å². The number of hydrogen-bond donors (Lipinski definition) is 1. The number of aromatic hydroxyl groups is 1. The first-order valence-corrected chi connectivity index (χ1v) is 6.62. The molecular formula is C12H14CoO4. The zero-order valence-electron chi connectivity index (χ0n) is 9.44. The molecule has 1 rings (SSSR count). The molecule has 0 amide bonds. The van der Waals surface area contributed by atoms with Crippen molar-refractivity contribution in [1.29, 1.82) is 0 Å². The molecule has 0 radical (unpaired) electrons. The number of hydrogen-bond acceptors (Lipinski definition) is 4. The van der Waals surface area contributed by atoms with E-state index in [1.807, 2.05) is 0 Å². The molecule has 0 heterocycles. The summed E-state index contributed by atoms with van der Waals surface area (Å²) in [5.74, 6) is -0.508. The number of esters is 1. The van der Waals surface area contributed by atoms with Crippen LogP contribution in [0.25, 0.3) is 0 Å². The molecule has 0 aromatic heterocycles. The maximum atomic E-state index is 11.5. The molecule has 0 saturated heterocycles. The fraction of sp³-hybridized carbons (Fsp3) is 0.250. The number of phenolic OH excluding ortho intramolecular Hbond substituents is 1. The molecule has 17 heavy (non-hydrogen) atoms. The molecule has 1 aromatic rings. The summed E-state index contributed by atoms with van der Waals surface area (Å²) < 4.78 is 15.9. The van der Waals surface area contributed by atoms with E-state index in [0.717, 1.165) is 0 Å². The Bertz CT molecular complexity index is 454. The summed E-state index contributed by atoms with van der Waals surface area (Å²) >= 11 is -1.43. The first-order chi connectivity index (χ1) is 8.08. The fourth-order valence-corrected chi connectivity index (χ4v) is 2.07. The Hall–Kier alpha value is -1.46. The van der Waals surface area contributed by atoms with E-state index in [-0.39, 0.29) is 5.75 Å². The SMILES string of the molecule is C=[CH][Co](=[O])[CH2]Cc1ccc(O)cc1C(=O)OC. The van der Waals surface area contributed by atoms with Crippen LogP contribution in [0, 0.1) is 0 Å². The minimum absolute atomic E-state index is 0.00190. The number of rotatable bonds is 5. The van der Waals surface area contributed by atoms with Gasteiger partial charge in [-0.3, -0.25) is 0 Å². The maximum absolute atomic E-state index is 11.5. The van der Waals surface area contributed by atoms with Crippen molar-refractivity contribution >= 4 is 5.97 Å². The van der Waals surface area contributed by atoms with Crippen LogP contribution in [0.4, 0.5) is 0 Å². The van der Waals surface area contributed by atoms with Crippen molar-refractivity contribution in [3.63, 3.8) is 0 Å². The van der Waals surface area contributed by atoms with Crippen LogP contribution in [0.5, 0.6) is 5.75 Å². The zero-order valence-corrected chi connectivity index (χ0v) is 10.5. The summed E-state index contributed by atoms with van der Waals surface area (Å²) in [5.41, 5.74) is 1.01. The minimum atomic E-state index is -1.43. The number of benzene rings is 1. The summed E-state index contributed by atoms with van der Waals surface area (Å²) in [6.45, 7) is 3.44. The van der Waals surface area contributed by atoms with Crippen LogP contribution in [0.1, 0.15) is 15.9 Å². The van der Waals surface area contributed by atoms with E-state index in [1.165, 1.54) is 24.3 Å². The van der Waals surface area contributed by atoms with Crippen LogP contribution in [0.15, 0.2) is 29.8 Å². The van der Waals surface area contributed by atoms with Crippen molar-refractivity contribution < 1.29 is 32.1 Å². The molecule has 5 heteroatoms. The Kier molecular flexibility index (Phi) is 5.05. The molecule has 1 N–H and O–H groups in total. The van der Waals surface area contributed by atoms with Gasteiger partial charge in [0, 0.05) is 0 Å². The monoisotopic (exact) mass is 281 g/mol. The van der Waals surface area contributed by atoms with Gasteiger partial charge in [-0.05, 0) is 0 Å². The molecule has 0 aliphatic rings. The zero-order chi connectivity index (χ0) is 12.8. The van der Waals surface area contributed by atoms with Crippen molar-refractivity contribution in [3.8, 4) is 5.75 Å². The number of carbonyl (C=O) groups is 1. The van der Waals surface area contributed by atoms with Crippen LogP contribution in [0.3, 0.4) is 0 Å². The van der Waals surface area contributed by atoms with E-state index in [1.54, 1.807) is 6.07 Å². The van der Waals surface area contributed by atoms with Crippen molar-refractivity contribution in [3.05, 3.63) is 40.9 Å². The van der Waals surface area contributed by atoms with Gasteiger partial charge in [-0.15, -0.1) is 0 Å². The van der Waals surface area contributed by atoms with Crippen LogP contribution >= 0.6 is 0 Å². The number of methoxy groups -OCH3 is 1. The number of ether oxygens (including phenoxy) is 1. The molecule has 0 saturated carbocycles. The predicted molar refractivity (Wildman–Crippen MR) is 58.8 cm³/mol. The summed E-state index contributed by atoms with van der Waals surface area (Å²) in [7, 11) is 1.28. The molecule has 0 aliphatic carbocycles. The van der Waals surface area contributed by atoms with Gasteiger partial charge in [0.1, 0.15) is 0 Å². The second kappa shape index (κ2) is 6.32. The van der Waals surface area contributed by atoms with Crippen LogP contribution < -0.4 is 0 Å². The van der Waals surface area contributed by atoms with E-state index < -0.39 is 19.6 Å². The molecule has 1 aromatic carbocycles. The van der Waals surface area contributed by atoms with Crippen molar-refractivity contribution in [2.45, 2.75) is 11.8 Å². The van der Waals surface area contributed by atoms with Gasteiger partial charge in [-0.1, -0.05) is 0 Å². The Morgan fingerprint density at radius 2 is 2.29 bits per heavy atom. The second-order valence-corrected chi connectivity index (χ2v) is 5.11. The normalized spacial score (nSPS) is 10.8. The third kappa shape index (κ3) is 3.79. The van der Waals surface area contributed by atoms with E-state index in [2.05, 4.69) is 11.3 Å². The molecule has 0 atom stereocenters. The van der Waals surface area contributed by atoms with Gasteiger partial charge in [-0.2, -0.15) is 0 Å². The number of carbonyl (C=O) groups excluding carboxylic acids is 1. The van der Waals surface area contributed by atoms with Crippen LogP contribution in [-0.4, -0.2) is 18.2 Å². The van der Waals surface area contributed by atoms with Gasteiger partial charge in [0.05, 0.1) is 0 Å². The van der Waals surface area contributed by atoms with Gasteiger partial charge < -0.3 is 0 Å². The molecule has 0 unspecified atom stereocenters. The Morgan fingerprint density at radius 1 is 1.59 bits per heavy atom. The van der Waals surface area contributed by atoms with Gasteiger partial charge in [0.15, 0.2) is 0 Å². The number of phenols is 1. The first-order valence-electron chi connectivity index (χ1n) is 4.85. The average molecular weight is 281 g/mol. The predicted octanol–water partition coefficient (Wildman–Crippen LogP) is 2.25. The van der Waals surface area contributed by atoms with Gasteiger partial charge in [-0.25, -0.2) is 0 Å². The van der Waals surface area contributed by atoms with E-state index in [9.17, 15) is 13.8 Å². The molecular weight excluding hydrogens is 267 g/mol.